The van der Waals surface area contributed by atoms with Gasteiger partial charge in [0.1, 0.15) is 13.2 Å². The third kappa shape index (κ3) is 8.76. The molecule has 0 radical (unpaired) electrons. The number of fused-ring (bicyclic) bond motifs is 2. The van der Waals surface area contributed by atoms with Crippen molar-refractivity contribution in [3.05, 3.63) is 71.2 Å². The lowest BCUT2D eigenvalue weighted by molar-refractivity contribution is -0.117. The highest BCUT2D eigenvalue weighted by atomic mass is 35.5. The molecule has 10 heteroatoms. The van der Waals surface area contributed by atoms with Gasteiger partial charge in [-0.1, -0.05) is 29.8 Å². The second kappa shape index (κ2) is 14.8. The molecule has 9 nitrogen and oxygen atoms in total. The molecule has 0 saturated carbocycles. The van der Waals surface area contributed by atoms with Crippen molar-refractivity contribution in [2.45, 2.75) is 6.54 Å². The SMILES string of the molecule is COc1cc(CN2CCOCCOc3ccccc3Oc3ccc(Cl)cc3NC(=O)C2)ccc1OCCN(C)C. The summed E-state index contributed by atoms with van der Waals surface area (Å²) in [5, 5.41) is 3.44. The van der Waals surface area contributed by atoms with Gasteiger partial charge in [0.2, 0.25) is 5.91 Å². The van der Waals surface area contributed by atoms with Crippen molar-refractivity contribution < 1.29 is 28.5 Å². The molecule has 4 rings (SSSR count). The molecule has 214 valence electrons. The predicted molar refractivity (Wildman–Crippen MR) is 155 cm³/mol. The van der Waals surface area contributed by atoms with Crippen molar-refractivity contribution in [1.29, 1.82) is 0 Å². The van der Waals surface area contributed by atoms with Crippen LogP contribution in [0.25, 0.3) is 0 Å². The van der Waals surface area contributed by atoms with Gasteiger partial charge >= 0.3 is 0 Å². The molecular weight excluding hydrogens is 534 g/mol. The van der Waals surface area contributed by atoms with E-state index >= 15 is 0 Å². The van der Waals surface area contributed by atoms with Crippen molar-refractivity contribution >= 4 is 23.2 Å². The van der Waals surface area contributed by atoms with Gasteiger partial charge < -0.3 is 33.9 Å². The van der Waals surface area contributed by atoms with Crippen molar-refractivity contribution in [2.24, 2.45) is 0 Å². The number of anilines is 1. The maximum atomic E-state index is 13.2. The molecule has 1 heterocycles. The average molecular weight is 570 g/mol. The molecular formula is C30H36ClN3O6. The third-order valence-electron chi connectivity index (χ3n) is 6.12. The van der Waals surface area contributed by atoms with E-state index in [0.717, 1.165) is 12.1 Å². The Labute approximate surface area is 240 Å². The summed E-state index contributed by atoms with van der Waals surface area (Å²) < 4.78 is 29.4. The van der Waals surface area contributed by atoms with Crippen LogP contribution in [0, 0.1) is 0 Å². The number of nitrogens with zero attached hydrogens (tertiary/aromatic N) is 2. The first-order valence-corrected chi connectivity index (χ1v) is 13.5. The minimum absolute atomic E-state index is 0.131. The van der Waals surface area contributed by atoms with E-state index in [4.69, 9.17) is 35.3 Å². The summed E-state index contributed by atoms with van der Waals surface area (Å²) in [7, 11) is 5.62. The zero-order valence-corrected chi connectivity index (χ0v) is 23.9. The average Bonchev–Trinajstić information content (AvgIpc) is 2.93. The molecule has 1 N–H and O–H groups in total. The van der Waals surface area contributed by atoms with E-state index in [9.17, 15) is 4.79 Å². The highest BCUT2D eigenvalue weighted by Crippen LogP contribution is 2.36. The quantitative estimate of drug-likeness (QED) is 0.429. The summed E-state index contributed by atoms with van der Waals surface area (Å²) in [5.41, 5.74) is 1.45. The lowest BCUT2D eigenvalue weighted by Crippen LogP contribution is -2.35. The van der Waals surface area contributed by atoms with Gasteiger partial charge in [0.15, 0.2) is 28.7 Å². The molecule has 0 fully saturated rings. The van der Waals surface area contributed by atoms with Crippen molar-refractivity contribution in [2.75, 3.05) is 72.6 Å². The largest absolute Gasteiger partial charge is 0.493 e. The molecule has 0 saturated heterocycles. The minimum Gasteiger partial charge on any atom is -0.493 e. The summed E-state index contributed by atoms with van der Waals surface area (Å²) in [6.45, 7) is 3.70. The Morgan fingerprint density at radius 1 is 0.975 bits per heavy atom. The van der Waals surface area contributed by atoms with Crippen LogP contribution in [0.1, 0.15) is 5.56 Å². The molecule has 1 aliphatic rings. The van der Waals surface area contributed by atoms with Crippen LogP contribution in [-0.2, 0) is 16.1 Å². The number of para-hydroxylation sites is 2. The number of amides is 1. The summed E-state index contributed by atoms with van der Waals surface area (Å²) in [4.78, 5) is 17.3. The van der Waals surface area contributed by atoms with Crippen LogP contribution in [0.2, 0.25) is 5.02 Å². The van der Waals surface area contributed by atoms with E-state index in [-0.39, 0.29) is 12.5 Å². The van der Waals surface area contributed by atoms with E-state index in [1.54, 1.807) is 25.3 Å². The Bertz CT molecular complexity index is 1270. The van der Waals surface area contributed by atoms with E-state index in [1.165, 1.54) is 0 Å². The minimum atomic E-state index is -0.206. The first kappa shape index (κ1) is 29.5. The number of rotatable bonds is 7. The van der Waals surface area contributed by atoms with E-state index in [2.05, 4.69) is 10.2 Å². The van der Waals surface area contributed by atoms with Crippen molar-refractivity contribution in [3.63, 3.8) is 0 Å². The van der Waals surface area contributed by atoms with Gasteiger partial charge in [-0.15, -0.1) is 0 Å². The lowest BCUT2D eigenvalue weighted by atomic mass is 10.2. The second-order valence-corrected chi connectivity index (χ2v) is 9.98. The van der Waals surface area contributed by atoms with Gasteiger partial charge in [-0.05, 0) is 62.1 Å². The molecule has 0 atom stereocenters. The highest BCUT2D eigenvalue weighted by molar-refractivity contribution is 6.31. The first-order chi connectivity index (χ1) is 19.4. The Morgan fingerprint density at radius 2 is 1.80 bits per heavy atom. The predicted octanol–water partition coefficient (Wildman–Crippen LogP) is 4.93. The molecule has 40 heavy (non-hydrogen) atoms. The van der Waals surface area contributed by atoms with E-state index in [0.29, 0.717) is 79.0 Å². The fraction of sp³-hybridized carbons (Fsp3) is 0.367. The maximum Gasteiger partial charge on any atom is 0.238 e. The number of carbonyl (C=O) groups excluding carboxylic acids is 1. The summed E-state index contributed by atoms with van der Waals surface area (Å²) >= 11 is 6.26. The summed E-state index contributed by atoms with van der Waals surface area (Å²) in [6.07, 6.45) is 0. The Hall–Kier alpha value is -3.50. The number of methoxy groups -OCH3 is 1. The normalized spacial score (nSPS) is 15.0. The van der Waals surface area contributed by atoms with Crippen LogP contribution >= 0.6 is 11.6 Å². The molecule has 0 bridgehead atoms. The molecule has 3 aromatic rings. The topological polar surface area (TPSA) is 81.7 Å². The molecule has 0 spiro atoms. The van der Waals surface area contributed by atoms with Crippen LogP contribution in [0.15, 0.2) is 60.7 Å². The molecule has 0 aliphatic carbocycles. The number of nitrogens with one attached hydrogen (secondary N) is 1. The summed E-state index contributed by atoms with van der Waals surface area (Å²) in [6, 6.07) is 18.3. The fourth-order valence-corrected chi connectivity index (χ4v) is 4.27. The zero-order chi connectivity index (χ0) is 28.3. The van der Waals surface area contributed by atoms with Gasteiger partial charge in [0.25, 0.3) is 0 Å². The Kier molecular flexibility index (Phi) is 10.9. The molecule has 0 aromatic heterocycles. The van der Waals surface area contributed by atoms with Gasteiger partial charge in [0.05, 0.1) is 32.6 Å². The number of likely N-dealkylation sites (N-methyl/N-ethyl adjacent to an activating group) is 1. The van der Waals surface area contributed by atoms with Crippen LogP contribution in [0.4, 0.5) is 5.69 Å². The molecule has 0 unspecified atom stereocenters. The van der Waals surface area contributed by atoms with Gasteiger partial charge in [-0.2, -0.15) is 0 Å². The fourth-order valence-electron chi connectivity index (χ4n) is 4.10. The number of ether oxygens (including phenoxy) is 5. The van der Waals surface area contributed by atoms with Crippen LogP contribution in [0.3, 0.4) is 0 Å². The number of carbonyl (C=O) groups is 1. The van der Waals surface area contributed by atoms with E-state index in [1.807, 2.05) is 61.5 Å². The van der Waals surface area contributed by atoms with Crippen molar-refractivity contribution in [3.8, 4) is 28.7 Å². The smallest absolute Gasteiger partial charge is 0.238 e. The van der Waals surface area contributed by atoms with Crippen LogP contribution in [0.5, 0.6) is 28.7 Å². The number of hydrogen-bond donors (Lipinski definition) is 1. The van der Waals surface area contributed by atoms with Gasteiger partial charge in [-0.3, -0.25) is 9.69 Å². The molecule has 1 aliphatic heterocycles. The van der Waals surface area contributed by atoms with Crippen LogP contribution < -0.4 is 24.3 Å². The van der Waals surface area contributed by atoms with Gasteiger partial charge in [-0.25, -0.2) is 0 Å². The number of hydrogen-bond acceptors (Lipinski definition) is 8. The maximum absolute atomic E-state index is 13.2. The second-order valence-electron chi connectivity index (χ2n) is 9.55. The lowest BCUT2D eigenvalue weighted by Gasteiger charge is -2.23. The summed E-state index contributed by atoms with van der Waals surface area (Å²) in [5.74, 6) is 2.69. The zero-order valence-electron chi connectivity index (χ0n) is 23.2. The Morgan fingerprint density at radius 3 is 2.60 bits per heavy atom. The van der Waals surface area contributed by atoms with Crippen LogP contribution in [-0.4, -0.2) is 83.0 Å². The monoisotopic (exact) mass is 569 g/mol. The third-order valence-corrected chi connectivity index (χ3v) is 6.35. The van der Waals surface area contributed by atoms with Crippen molar-refractivity contribution in [1.82, 2.24) is 9.80 Å². The standard InChI is InChI=1S/C30H36ClN3O6/c1-33(2)12-15-38-27-10-8-22(18-29(27)36-3)20-34-13-14-37-16-17-39-26-6-4-5-7-28(26)40-25-11-9-23(31)19-24(25)32-30(35)21-34/h4-11,18-19H,12-17,20-21H2,1-3H3,(H,32,35). The number of halogens is 1. The van der Waals surface area contributed by atoms with Gasteiger partial charge in [0, 0.05) is 24.7 Å². The molecule has 3 aromatic carbocycles. The molecule has 1 amide bonds. The highest BCUT2D eigenvalue weighted by Gasteiger charge is 2.17. The first-order valence-electron chi connectivity index (χ1n) is 13.1. The van der Waals surface area contributed by atoms with E-state index < -0.39 is 0 Å². The Balaban J connectivity index is 1.51. The number of benzene rings is 3.